The Morgan fingerprint density at radius 2 is 1.96 bits per heavy atom. The highest BCUT2D eigenvalue weighted by atomic mass is 16.4. The number of amides is 1. The van der Waals surface area contributed by atoms with Crippen LogP contribution in [0.2, 0.25) is 0 Å². The van der Waals surface area contributed by atoms with Crippen molar-refractivity contribution in [3.05, 3.63) is 41.8 Å². The SMILES string of the molecule is Cc1oc(-c2ccccc2)nc1C(=O)NCCCN(C)C1CCCCC1. The van der Waals surface area contributed by atoms with Crippen molar-refractivity contribution in [1.82, 2.24) is 15.2 Å². The molecule has 1 saturated carbocycles. The number of carbonyl (C=O) groups is 1. The molecule has 0 saturated heterocycles. The number of rotatable bonds is 7. The van der Waals surface area contributed by atoms with Crippen LogP contribution in [0.4, 0.5) is 0 Å². The van der Waals surface area contributed by atoms with Crippen LogP contribution in [0.1, 0.15) is 54.8 Å². The zero-order valence-electron chi connectivity index (χ0n) is 15.8. The molecule has 1 N–H and O–H groups in total. The van der Waals surface area contributed by atoms with Gasteiger partial charge in [-0.2, -0.15) is 0 Å². The van der Waals surface area contributed by atoms with Gasteiger partial charge in [0.2, 0.25) is 5.89 Å². The van der Waals surface area contributed by atoms with E-state index in [1.54, 1.807) is 6.92 Å². The number of benzene rings is 1. The van der Waals surface area contributed by atoms with Gasteiger partial charge in [0.15, 0.2) is 5.69 Å². The van der Waals surface area contributed by atoms with Crippen molar-refractivity contribution >= 4 is 5.91 Å². The molecular weight excluding hydrogens is 326 g/mol. The second-order valence-corrected chi connectivity index (χ2v) is 7.17. The summed E-state index contributed by atoms with van der Waals surface area (Å²) in [5.41, 5.74) is 1.26. The third-order valence-electron chi connectivity index (χ3n) is 5.20. The van der Waals surface area contributed by atoms with Gasteiger partial charge in [-0.05, 0) is 51.9 Å². The molecule has 1 heterocycles. The van der Waals surface area contributed by atoms with E-state index in [1.807, 2.05) is 30.3 Å². The maximum Gasteiger partial charge on any atom is 0.273 e. The molecular formula is C21H29N3O2. The van der Waals surface area contributed by atoms with Crippen molar-refractivity contribution in [2.24, 2.45) is 0 Å². The Labute approximate surface area is 155 Å². The Balaban J connectivity index is 1.47. The Bertz CT molecular complexity index is 705. The highest BCUT2D eigenvalue weighted by Crippen LogP contribution is 2.22. The van der Waals surface area contributed by atoms with Gasteiger partial charge in [0.05, 0.1) is 0 Å². The minimum atomic E-state index is -0.159. The van der Waals surface area contributed by atoms with Crippen LogP contribution in [-0.4, -0.2) is 42.0 Å². The molecule has 0 aliphatic heterocycles. The van der Waals surface area contributed by atoms with Gasteiger partial charge >= 0.3 is 0 Å². The van der Waals surface area contributed by atoms with Crippen molar-refractivity contribution < 1.29 is 9.21 Å². The van der Waals surface area contributed by atoms with Gasteiger partial charge in [0, 0.05) is 18.2 Å². The molecule has 0 unspecified atom stereocenters. The average molecular weight is 355 g/mol. The number of carbonyl (C=O) groups excluding carboxylic acids is 1. The number of nitrogens with zero attached hydrogens (tertiary/aromatic N) is 2. The van der Waals surface area contributed by atoms with Crippen LogP contribution in [0.25, 0.3) is 11.5 Å². The van der Waals surface area contributed by atoms with Gasteiger partial charge in [-0.15, -0.1) is 0 Å². The highest BCUT2D eigenvalue weighted by Gasteiger charge is 2.19. The molecule has 3 rings (SSSR count). The number of nitrogens with one attached hydrogen (secondary N) is 1. The van der Waals surface area contributed by atoms with Gasteiger partial charge in [0.25, 0.3) is 5.91 Å². The van der Waals surface area contributed by atoms with E-state index >= 15 is 0 Å². The largest absolute Gasteiger partial charge is 0.441 e. The summed E-state index contributed by atoms with van der Waals surface area (Å²) >= 11 is 0. The predicted octanol–water partition coefficient (Wildman–Crippen LogP) is 4.03. The number of hydrogen-bond donors (Lipinski definition) is 1. The molecule has 0 radical (unpaired) electrons. The van der Waals surface area contributed by atoms with E-state index in [-0.39, 0.29) is 5.91 Å². The summed E-state index contributed by atoms with van der Waals surface area (Å²) in [5.74, 6) is 0.889. The van der Waals surface area contributed by atoms with E-state index in [0.717, 1.165) is 18.5 Å². The van der Waals surface area contributed by atoms with E-state index in [4.69, 9.17) is 4.42 Å². The lowest BCUT2D eigenvalue weighted by Gasteiger charge is -2.31. The lowest BCUT2D eigenvalue weighted by atomic mass is 9.94. The van der Waals surface area contributed by atoms with Crippen LogP contribution in [-0.2, 0) is 0 Å². The summed E-state index contributed by atoms with van der Waals surface area (Å²) in [5, 5.41) is 2.97. The first kappa shape index (κ1) is 18.6. The van der Waals surface area contributed by atoms with Crippen molar-refractivity contribution in [3.8, 4) is 11.5 Å². The standard InChI is InChI=1S/C21H29N3O2/c1-16-19(23-21(26-16)17-10-5-3-6-11-17)20(25)22-14-9-15-24(2)18-12-7-4-8-13-18/h3,5-6,10-11,18H,4,7-9,12-15H2,1-2H3,(H,22,25). The Morgan fingerprint density at radius 1 is 1.23 bits per heavy atom. The molecule has 1 amide bonds. The quantitative estimate of drug-likeness (QED) is 0.762. The summed E-state index contributed by atoms with van der Waals surface area (Å²) in [6.45, 7) is 3.45. The molecule has 26 heavy (non-hydrogen) atoms. The van der Waals surface area contributed by atoms with Crippen molar-refractivity contribution in [3.63, 3.8) is 0 Å². The number of oxazole rings is 1. The summed E-state index contributed by atoms with van der Waals surface area (Å²) in [6, 6.07) is 10.4. The van der Waals surface area contributed by atoms with Gasteiger partial charge in [-0.1, -0.05) is 37.5 Å². The lowest BCUT2D eigenvalue weighted by Crippen LogP contribution is -2.36. The first-order valence-corrected chi connectivity index (χ1v) is 9.66. The third kappa shape index (κ3) is 4.73. The van der Waals surface area contributed by atoms with Gasteiger partial charge in [-0.25, -0.2) is 4.98 Å². The molecule has 0 bridgehead atoms. The van der Waals surface area contributed by atoms with Gasteiger partial charge in [-0.3, -0.25) is 4.79 Å². The minimum absolute atomic E-state index is 0.159. The molecule has 0 spiro atoms. The zero-order valence-corrected chi connectivity index (χ0v) is 15.8. The molecule has 5 heteroatoms. The molecule has 140 valence electrons. The molecule has 1 aliphatic rings. The molecule has 1 aromatic heterocycles. The monoisotopic (exact) mass is 355 g/mol. The van der Waals surface area contributed by atoms with Crippen LogP contribution >= 0.6 is 0 Å². The number of hydrogen-bond acceptors (Lipinski definition) is 4. The molecule has 1 fully saturated rings. The van der Waals surface area contributed by atoms with Gasteiger partial charge < -0.3 is 14.6 Å². The smallest absolute Gasteiger partial charge is 0.273 e. The summed E-state index contributed by atoms with van der Waals surface area (Å²) < 4.78 is 5.67. The fourth-order valence-corrected chi connectivity index (χ4v) is 3.63. The van der Waals surface area contributed by atoms with Crippen molar-refractivity contribution in [2.75, 3.05) is 20.1 Å². The third-order valence-corrected chi connectivity index (χ3v) is 5.20. The van der Waals surface area contributed by atoms with Crippen molar-refractivity contribution in [1.29, 1.82) is 0 Å². The summed E-state index contributed by atoms with van der Waals surface area (Å²) in [6.07, 6.45) is 7.64. The van der Waals surface area contributed by atoms with Crippen LogP contribution in [0, 0.1) is 6.92 Å². The van der Waals surface area contributed by atoms with E-state index in [1.165, 1.54) is 32.1 Å². The lowest BCUT2D eigenvalue weighted by molar-refractivity contribution is 0.0944. The molecule has 1 aromatic carbocycles. The van der Waals surface area contributed by atoms with Crippen LogP contribution in [0.3, 0.4) is 0 Å². The van der Waals surface area contributed by atoms with Gasteiger partial charge in [0.1, 0.15) is 5.76 Å². The highest BCUT2D eigenvalue weighted by molar-refractivity contribution is 5.93. The Morgan fingerprint density at radius 3 is 2.69 bits per heavy atom. The summed E-state index contributed by atoms with van der Waals surface area (Å²) in [7, 11) is 2.20. The molecule has 0 atom stereocenters. The topological polar surface area (TPSA) is 58.4 Å². The van der Waals surface area contributed by atoms with E-state index in [2.05, 4.69) is 22.2 Å². The second kappa shape index (κ2) is 8.99. The summed E-state index contributed by atoms with van der Waals surface area (Å²) in [4.78, 5) is 19.2. The van der Waals surface area contributed by atoms with E-state index in [0.29, 0.717) is 29.9 Å². The maximum absolute atomic E-state index is 12.4. The van der Waals surface area contributed by atoms with E-state index in [9.17, 15) is 4.79 Å². The number of aromatic nitrogens is 1. The first-order chi connectivity index (χ1) is 12.6. The molecule has 2 aromatic rings. The molecule has 5 nitrogen and oxygen atoms in total. The zero-order chi connectivity index (χ0) is 18.4. The second-order valence-electron chi connectivity index (χ2n) is 7.17. The van der Waals surface area contributed by atoms with Crippen molar-refractivity contribution in [2.45, 2.75) is 51.5 Å². The van der Waals surface area contributed by atoms with Crippen LogP contribution in [0.5, 0.6) is 0 Å². The van der Waals surface area contributed by atoms with E-state index < -0.39 is 0 Å². The average Bonchev–Trinajstić information content (AvgIpc) is 3.08. The Hall–Kier alpha value is -2.14. The maximum atomic E-state index is 12.4. The predicted molar refractivity (Wildman–Crippen MR) is 103 cm³/mol. The molecule has 1 aliphatic carbocycles. The fraction of sp³-hybridized carbons (Fsp3) is 0.524. The normalized spacial score (nSPS) is 15.3. The first-order valence-electron chi connectivity index (χ1n) is 9.66. The van der Waals surface area contributed by atoms with Crippen LogP contribution < -0.4 is 5.32 Å². The minimum Gasteiger partial charge on any atom is -0.441 e. The Kier molecular flexibility index (Phi) is 6.45. The van der Waals surface area contributed by atoms with Crippen LogP contribution in [0.15, 0.2) is 34.7 Å². The number of aryl methyl sites for hydroxylation is 1. The fourth-order valence-electron chi connectivity index (χ4n) is 3.63.